The average molecular weight is 710 g/mol. The molecule has 3 aromatic rings. The van der Waals surface area contributed by atoms with Crippen molar-refractivity contribution in [2.75, 3.05) is 27.5 Å². The van der Waals surface area contributed by atoms with Crippen molar-refractivity contribution in [1.29, 1.82) is 0 Å². The van der Waals surface area contributed by atoms with Crippen LogP contribution in [0.3, 0.4) is 0 Å². The van der Waals surface area contributed by atoms with Crippen molar-refractivity contribution in [2.45, 2.75) is 70.2 Å². The van der Waals surface area contributed by atoms with Crippen molar-refractivity contribution in [3.05, 3.63) is 80.9 Å². The summed E-state index contributed by atoms with van der Waals surface area (Å²) >= 11 is 0. The molecule has 4 aliphatic heterocycles. The van der Waals surface area contributed by atoms with Gasteiger partial charge in [-0.2, -0.15) is 13.2 Å². The van der Waals surface area contributed by atoms with Crippen molar-refractivity contribution < 1.29 is 51.9 Å². The van der Waals surface area contributed by atoms with Gasteiger partial charge in [0.2, 0.25) is 12.7 Å². The third-order valence-electron chi connectivity index (χ3n) is 10.5. The number of amides is 1. The average Bonchev–Trinajstić information content (AvgIpc) is 3.57. The second-order valence-electron chi connectivity index (χ2n) is 13.4. The van der Waals surface area contributed by atoms with Crippen LogP contribution in [0.2, 0.25) is 0 Å². The van der Waals surface area contributed by atoms with E-state index >= 15 is 0 Å². The maximum atomic E-state index is 13.3. The quantitative estimate of drug-likeness (QED) is 0.188. The largest absolute Gasteiger partial charge is 0.504 e. The van der Waals surface area contributed by atoms with Crippen LogP contribution in [0.4, 0.5) is 13.2 Å². The number of alkyl halides is 3. The maximum Gasteiger partial charge on any atom is 0.416 e. The number of hydrogen-bond acceptors (Lipinski definition) is 10. The Bertz CT molecular complexity index is 1960. The molecule has 270 valence electrons. The number of esters is 1. The molecule has 0 aromatic heterocycles. The summed E-state index contributed by atoms with van der Waals surface area (Å²) in [6.45, 7) is 4.76. The summed E-state index contributed by atoms with van der Waals surface area (Å²) in [6.07, 6.45) is -2.46. The lowest BCUT2D eigenvalue weighted by Gasteiger charge is -2.60. The lowest BCUT2D eigenvalue weighted by atomic mass is 9.73. The number of nitrogens with zero attached hydrogens (tertiary/aromatic N) is 2. The number of phenolic OH excluding ortho intramolecular Hbond substituents is 1. The highest BCUT2D eigenvalue weighted by atomic mass is 19.4. The summed E-state index contributed by atoms with van der Waals surface area (Å²) in [4.78, 5) is 29.7. The number of aryl methyl sites for hydroxylation is 1. The number of carbonyl (C=O) groups excluding carboxylic acids is 2. The van der Waals surface area contributed by atoms with Gasteiger partial charge in [-0.1, -0.05) is 18.2 Å². The van der Waals surface area contributed by atoms with E-state index in [2.05, 4.69) is 5.32 Å². The van der Waals surface area contributed by atoms with Gasteiger partial charge in [-0.25, -0.2) is 0 Å². The number of piperazine rings is 1. The molecule has 51 heavy (non-hydrogen) atoms. The number of likely N-dealkylation sites (N-methyl/N-ethyl adjacent to an activating group) is 1. The van der Waals surface area contributed by atoms with Gasteiger partial charge in [-0.05, 0) is 68.6 Å². The smallest absolute Gasteiger partial charge is 0.416 e. The van der Waals surface area contributed by atoms with E-state index in [0.717, 1.165) is 29.3 Å². The van der Waals surface area contributed by atoms with Crippen LogP contribution in [0.1, 0.15) is 63.5 Å². The Morgan fingerprint density at radius 3 is 2.53 bits per heavy atom. The third-order valence-corrected chi connectivity index (χ3v) is 10.5. The molecule has 0 spiro atoms. The number of halogens is 3. The number of aromatic hydroxyl groups is 1. The molecule has 1 saturated heterocycles. The highest BCUT2D eigenvalue weighted by molar-refractivity contribution is 5.91. The van der Waals surface area contributed by atoms with E-state index in [-0.39, 0.29) is 31.1 Å². The zero-order valence-corrected chi connectivity index (χ0v) is 28.6. The van der Waals surface area contributed by atoms with E-state index < -0.39 is 54.0 Å². The summed E-state index contributed by atoms with van der Waals surface area (Å²) in [6, 6.07) is 4.48. The first-order valence-corrected chi connectivity index (χ1v) is 16.5. The number of methoxy groups -OCH3 is 1. The molecule has 4 heterocycles. The van der Waals surface area contributed by atoms with E-state index in [1.165, 1.54) is 32.2 Å². The zero-order valence-electron chi connectivity index (χ0n) is 28.6. The molecule has 1 amide bonds. The van der Waals surface area contributed by atoms with Crippen LogP contribution >= 0.6 is 0 Å². The Kier molecular flexibility index (Phi) is 8.67. The molecule has 7 rings (SSSR count). The maximum absolute atomic E-state index is 13.3. The van der Waals surface area contributed by atoms with E-state index in [4.69, 9.17) is 18.9 Å². The van der Waals surface area contributed by atoms with Gasteiger partial charge < -0.3 is 34.5 Å². The van der Waals surface area contributed by atoms with Crippen molar-refractivity contribution in [1.82, 2.24) is 15.1 Å². The van der Waals surface area contributed by atoms with E-state index in [0.29, 0.717) is 51.7 Å². The van der Waals surface area contributed by atoms with Gasteiger partial charge in [0.15, 0.2) is 23.0 Å². The summed E-state index contributed by atoms with van der Waals surface area (Å²) in [7, 11) is 3.39. The van der Waals surface area contributed by atoms with Crippen LogP contribution < -0.4 is 24.3 Å². The van der Waals surface area contributed by atoms with E-state index in [1.807, 2.05) is 29.8 Å². The minimum Gasteiger partial charge on any atom is -0.504 e. The molecule has 11 nitrogen and oxygen atoms in total. The highest BCUT2D eigenvalue weighted by Gasteiger charge is 2.56. The number of carbonyl (C=O) groups is 2. The highest BCUT2D eigenvalue weighted by Crippen LogP contribution is 2.58. The fourth-order valence-electron chi connectivity index (χ4n) is 8.37. The Hall–Kier alpha value is -4.79. The number of benzene rings is 3. The lowest BCUT2D eigenvalue weighted by Crippen LogP contribution is -2.69. The van der Waals surface area contributed by atoms with Gasteiger partial charge in [0.25, 0.3) is 0 Å². The van der Waals surface area contributed by atoms with Crippen LogP contribution in [0, 0.1) is 13.8 Å². The van der Waals surface area contributed by atoms with Crippen LogP contribution in [0.25, 0.3) is 6.08 Å². The van der Waals surface area contributed by atoms with Gasteiger partial charge in [0.05, 0.1) is 30.8 Å². The predicted octanol–water partition coefficient (Wildman–Crippen LogP) is 4.72. The third kappa shape index (κ3) is 5.75. The topological polar surface area (TPSA) is 130 Å². The first-order chi connectivity index (χ1) is 24.2. The van der Waals surface area contributed by atoms with Crippen molar-refractivity contribution in [2.24, 2.45) is 0 Å². The van der Waals surface area contributed by atoms with Crippen LogP contribution in [-0.2, 0) is 28.6 Å². The fourth-order valence-corrected chi connectivity index (χ4v) is 8.37. The van der Waals surface area contributed by atoms with Gasteiger partial charge >= 0.3 is 12.1 Å². The molecule has 2 unspecified atom stereocenters. The standard InChI is InChI=1S/C37H38F3N3O8/c1-17-11-21-13-25-36(47)43-24(30(42(25)4)28(21)31(46)32(17)48-5)14-23-29(35-34(49-16-50-35)18(2)33(23)51-19(3)44)26(43)15-41-27(45)10-9-20-7-6-8-22(12-20)37(38,39)40/h6-12,24-26,30,36,46-47H,13-16H2,1-5H3,(H,41,45)/b10-9+/t24?,25?,26-,30-,36-/m0/s1. The Morgan fingerprint density at radius 2 is 1.82 bits per heavy atom. The molecular formula is C37H38F3N3O8. The van der Waals surface area contributed by atoms with Crippen LogP contribution in [0.15, 0.2) is 36.4 Å². The molecule has 14 heteroatoms. The second kappa shape index (κ2) is 12.8. The number of hydrogen-bond donors (Lipinski definition) is 3. The molecule has 0 radical (unpaired) electrons. The number of aliphatic hydroxyl groups excluding tert-OH is 1. The minimum atomic E-state index is -4.53. The molecule has 0 aliphatic carbocycles. The molecule has 4 aliphatic rings. The van der Waals surface area contributed by atoms with Crippen molar-refractivity contribution in [3.8, 4) is 28.7 Å². The second-order valence-corrected chi connectivity index (χ2v) is 13.4. The normalized spacial score (nSPS) is 23.7. The van der Waals surface area contributed by atoms with Crippen LogP contribution in [-0.4, -0.2) is 77.7 Å². The Labute approximate surface area is 292 Å². The molecule has 5 atom stereocenters. The first-order valence-electron chi connectivity index (χ1n) is 16.5. The van der Waals surface area contributed by atoms with Gasteiger partial charge in [0, 0.05) is 47.8 Å². The predicted molar refractivity (Wildman–Crippen MR) is 178 cm³/mol. The van der Waals surface area contributed by atoms with Crippen molar-refractivity contribution >= 4 is 18.0 Å². The molecule has 2 bridgehead atoms. The van der Waals surface area contributed by atoms with Crippen LogP contribution in [0.5, 0.6) is 28.7 Å². The SMILES string of the molecule is COc1c(C)cc2c(c1O)[C@@H]1C3Cc4c(OC(C)=O)c(C)c5c(c4[C@H](CNC(=O)/C=C/c4cccc(C(F)(F)F)c4)N3[C@@H](O)C(C2)N1C)OCO5. The van der Waals surface area contributed by atoms with Gasteiger partial charge in [0.1, 0.15) is 12.0 Å². The molecule has 3 aromatic carbocycles. The van der Waals surface area contributed by atoms with Crippen molar-refractivity contribution in [3.63, 3.8) is 0 Å². The molecule has 1 fully saturated rings. The summed E-state index contributed by atoms with van der Waals surface area (Å²) < 4.78 is 63.1. The molecule has 0 saturated carbocycles. The summed E-state index contributed by atoms with van der Waals surface area (Å²) in [5, 5.41) is 26.7. The zero-order chi connectivity index (χ0) is 36.5. The fraction of sp³-hybridized carbons (Fsp3) is 0.405. The number of ether oxygens (including phenoxy) is 4. The summed E-state index contributed by atoms with van der Waals surface area (Å²) in [5.41, 5.74) is 3.45. The summed E-state index contributed by atoms with van der Waals surface area (Å²) in [5.74, 6) is 0.325. The minimum absolute atomic E-state index is 0.0107. The van der Waals surface area contributed by atoms with Gasteiger partial charge in [-0.15, -0.1) is 0 Å². The monoisotopic (exact) mass is 709 g/mol. The van der Waals surface area contributed by atoms with E-state index in [1.54, 1.807) is 6.92 Å². The Balaban J connectivity index is 1.33. The van der Waals surface area contributed by atoms with Gasteiger partial charge in [-0.3, -0.25) is 19.4 Å². The van der Waals surface area contributed by atoms with E-state index in [9.17, 15) is 33.0 Å². The Morgan fingerprint density at radius 1 is 1.08 bits per heavy atom. The molecular weight excluding hydrogens is 671 g/mol. The lowest BCUT2D eigenvalue weighted by molar-refractivity contribution is -0.172. The first kappa shape index (κ1) is 34.6. The number of phenols is 1. The number of fused-ring (bicyclic) bond motifs is 9. The number of rotatable bonds is 6. The molecule has 3 N–H and O–H groups in total. The number of aliphatic hydroxyl groups is 1. The number of nitrogens with one attached hydrogen (secondary N) is 1.